The summed E-state index contributed by atoms with van der Waals surface area (Å²) in [5.74, 6) is 1.31. The molecule has 4 nitrogen and oxygen atoms in total. The van der Waals surface area contributed by atoms with E-state index in [9.17, 15) is 4.79 Å². The molecule has 0 bridgehead atoms. The van der Waals surface area contributed by atoms with E-state index < -0.39 is 0 Å². The minimum absolute atomic E-state index is 0.0258. The molecule has 2 atom stereocenters. The monoisotopic (exact) mass is 289 g/mol. The fourth-order valence-electron chi connectivity index (χ4n) is 2.65. The van der Waals surface area contributed by atoms with Crippen LogP contribution in [0, 0.1) is 5.92 Å². The molecule has 0 spiro atoms. The van der Waals surface area contributed by atoms with Crippen molar-refractivity contribution in [3.63, 3.8) is 0 Å². The number of carbonyl (C=O) groups excluding carboxylic acids is 1. The highest BCUT2D eigenvalue weighted by atomic mass is 32.1. The molecule has 1 N–H and O–H groups in total. The topological polar surface area (TPSA) is 46.9 Å². The van der Waals surface area contributed by atoms with E-state index in [2.05, 4.69) is 26.3 Å². The lowest BCUT2D eigenvalue weighted by Gasteiger charge is -2.26. The average molecular weight is 289 g/mol. The Hall–Kier alpha value is -1.62. The fourth-order valence-corrected chi connectivity index (χ4v) is 3.49. The van der Waals surface area contributed by atoms with Crippen LogP contribution < -0.4 is 5.32 Å². The summed E-state index contributed by atoms with van der Waals surface area (Å²) in [4.78, 5) is 17.8. The lowest BCUT2D eigenvalue weighted by atomic mass is 10.0. The highest BCUT2D eigenvalue weighted by Crippen LogP contribution is 2.16. The zero-order chi connectivity index (χ0) is 13.9. The van der Waals surface area contributed by atoms with E-state index in [0.29, 0.717) is 0 Å². The van der Waals surface area contributed by atoms with E-state index in [0.717, 1.165) is 31.6 Å². The van der Waals surface area contributed by atoms with Gasteiger partial charge in [-0.15, -0.1) is 11.3 Å². The number of thiophene rings is 1. The Morgan fingerprint density at radius 3 is 3.35 bits per heavy atom. The molecule has 20 heavy (non-hydrogen) atoms. The van der Waals surface area contributed by atoms with Crippen LogP contribution in [0.5, 0.6) is 0 Å². The van der Waals surface area contributed by atoms with Gasteiger partial charge in [0.05, 0.1) is 0 Å². The van der Waals surface area contributed by atoms with Crippen molar-refractivity contribution in [3.05, 3.63) is 40.6 Å². The van der Waals surface area contributed by atoms with Crippen molar-refractivity contribution in [2.45, 2.75) is 38.8 Å². The highest BCUT2D eigenvalue weighted by Gasteiger charge is 2.22. The predicted molar refractivity (Wildman–Crippen MR) is 79.7 cm³/mol. The van der Waals surface area contributed by atoms with Crippen LogP contribution in [-0.2, 0) is 24.2 Å². The van der Waals surface area contributed by atoms with Crippen molar-refractivity contribution in [2.75, 3.05) is 0 Å². The number of aryl methyl sites for hydroxylation is 1. The maximum Gasteiger partial charge on any atom is 0.223 e. The second kappa shape index (κ2) is 5.79. The van der Waals surface area contributed by atoms with Gasteiger partial charge in [0.2, 0.25) is 5.91 Å². The number of nitrogens with one attached hydrogen (secondary N) is 1. The first-order valence-corrected chi connectivity index (χ1v) is 7.93. The van der Waals surface area contributed by atoms with E-state index in [1.54, 1.807) is 11.3 Å². The number of rotatable bonds is 4. The van der Waals surface area contributed by atoms with Crippen LogP contribution >= 0.6 is 11.3 Å². The molecule has 1 aliphatic heterocycles. The van der Waals surface area contributed by atoms with Gasteiger partial charge in [-0.25, -0.2) is 4.98 Å². The number of aromatic nitrogens is 2. The van der Waals surface area contributed by atoms with Gasteiger partial charge in [-0.3, -0.25) is 4.79 Å². The molecule has 0 saturated heterocycles. The summed E-state index contributed by atoms with van der Waals surface area (Å²) >= 11 is 1.71. The molecule has 0 aliphatic carbocycles. The van der Waals surface area contributed by atoms with Crippen LogP contribution in [0.25, 0.3) is 0 Å². The Bertz CT molecular complexity index is 576. The van der Waals surface area contributed by atoms with Gasteiger partial charge in [-0.1, -0.05) is 13.0 Å². The number of hydrogen-bond donors (Lipinski definition) is 1. The number of nitrogens with zero attached hydrogens (tertiary/aromatic N) is 2. The molecule has 0 radical (unpaired) electrons. The summed E-state index contributed by atoms with van der Waals surface area (Å²) in [7, 11) is 0. The number of carbonyl (C=O) groups is 1. The van der Waals surface area contributed by atoms with Gasteiger partial charge in [-0.2, -0.15) is 0 Å². The van der Waals surface area contributed by atoms with E-state index in [1.807, 2.05) is 25.4 Å². The standard InChI is InChI=1S/C15H19N3OS/c1-11(9-13-3-2-8-20-13)15(19)17-12-4-5-14-16-6-7-18(14)10-12/h2-3,6-8,11-12H,4-5,9-10H2,1H3,(H,17,19)/t11-,12-/m0/s1. The highest BCUT2D eigenvalue weighted by molar-refractivity contribution is 7.09. The maximum atomic E-state index is 12.3. The largest absolute Gasteiger partial charge is 0.351 e. The van der Waals surface area contributed by atoms with Gasteiger partial charge < -0.3 is 9.88 Å². The Morgan fingerprint density at radius 1 is 1.65 bits per heavy atom. The van der Waals surface area contributed by atoms with Crippen molar-refractivity contribution < 1.29 is 4.79 Å². The quantitative estimate of drug-likeness (QED) is 0.938. The maximum absolute atomic E-state index is 12.3. The smallest absolute Gasteiger partial charge is 0.223 e. The van der Waals surface area contributed by atoms with Gasteiger partial charge in [0.15, 0.2) is 0 Å². The molecular formula is C15H19N3OS. The molecular weight excluding hydrogens is 270 g/mol. The molecule has 5 heteroatoms. The van der Waals surface area contributed by atoms with Gasteiger partial charge in [0.25, 0.3) is 0 Å². The third kappa shape index (κ3) is 2.93. The molecule has 0 unspecified atom stereocenters. The van der Waals surface area contributed by atoms with Crippen molar-refractivity contribution in [1.29, 1.82) is 0 Å². The summed E-state index contributed by atoms with van der Waals surface area (Å²) in [5.41, 5.74) is 0. The average Bonchev–Trinajstić information content (AvgIpc) is 3.08. The predicted octanol–water partition coefficient (Wildman–Crippen LogP) is 2.25. The van der Waals surface area contributed by atoms with Gasteiger partial charge in [0, 0.05) is 42.2 Å². The number of amides is 1. The first-order valence-electron chi connectivity index (χ1n) is 7.05. The zero-order valence-electron chi connectivity index (χ0n) is 11.6. The summed E-state index contributed by atoms with van der Waals surface area (Å²) in [6.07, 6.45) is 6.57. The Labute approximate surface area is 122 Å². The molecule has 2 aromatic rings. The van der Waals surface area contributed by atoms with Crippen LogP contribution in [0.4, 0.5) is 0 Å². The Kier molecular flexibility index (Phi) is 3.87. The van der Waals surface area contributed by atoms with Crippen LogP contribution in [0.2, 0.25) is 0 Å². The van der Waals surface area contributed by atoms with Crippen LogP contribution in [0.3, 0.4) is 0 Å². The Balaban J connectivity index is 1.54. The van der Waals surface area contributed by atoms with Crippen molar-refractivity contribution >= 4 is 17.2 Å². The van der Waals surface area contributed by atoms with Gasteiger partial charge >= 0.3 is 0 Å². The minimum atomic E-state index is 0.0258. The third-order valence-corrected chi connectivity index (χ3v) is 4.72. The van der Waals surface area contributed by atoms with Gasteiger partial charge in [-0.05, 0) is 24.3 Å². The molecule has 0 saturated carbocycles. The third-order valence-electron chi connectivity index (χ3n) is 3.82. The number of hydrogen-bond acceptors (Lipinski definition) is 3. The Morgan fingerprint density at radius 2 is 2.55 bits per heavy atom. The lowest BCUT2D eigenvalue weighted by molar-refractivity contribution is -0.125. The first-order chi connectivity index (χ1) is 9.72. The molecule has 1 aliphatic rings. The second-order valence-corrected chi connectivity index (χ2v) is 6.46. The summed E-state index contributed by atoms with van der Waals surface area (Å²) in [6, 6.07) is 4.36. The summed E-state index contributed by atoms with van der Waals surface area (Å²) in [5, 5.41) is 5.24. The molecule has 106 valence electrons. The van der Waals surface area contributed by atoms with E-state index in [-0.39, 0.29) is 17.9 Å². The van der Waals surface area contributed by atoms with Crippen LogP contribution in [0.15, 0.2) is 29.9 Å². The summed E-state index contributed by atoms with van der Waals surface area (Å²) < 4.78 is 2.14. The van der Waals surface area contributed by atoms with Crippen LogP contribution in [-0.4, -0.2) is 21.5 Å². The van der Waals surface area contributed by atoms with Crippen LogP contribution in [0.1, 0.15) is 24.0 Å². The van der Waals surface area contributed by atoms with E-state index in [1.165, 1.54) is 4.88 Å². The van der Waals surface area contributed by atoms with Crippen molar-refractivity contribution in [3.8, 4) is 0 Å². The molecule has 3 heterocycles. The van der Waals surface area contributed by atoms with E-state index in [4.69, 9.17) is 0 Å². The normalized spacial score (nSPS) is 19.4. The van der Waals surface area contributed by atoms with Crippen molar-refractivity contribution in [2.24, 2.45) is 5.92 Å². The van der Waals surface area contributed by atoms with Gasteiger partial charge in [0.1, 0.15) is 5.82 Å². The summed E-state index contributed by atoms with van der Waals surface area (Å²) in [6.45, 7) is 2.84. The molecule has 0 fully saturated rings. The number of fused-ring (bicyclic) bond motifs is 1. The zero-order valence-corrected chi connectivity index (χ0v) is 12.4. The number of imidazole rings is 1. The minimum Gasteiger partial charge on any atom is -0.351 e. The SMILES string of the molecule is C[C@@H](Cc1cccs1)C(=O)N[C@H]1CCc2nccn2C1. The molecule has 2 aromatic heterocycles. The van der Waals surface area contributed by atoms with E-state index >= 15 is 0 Å². The van der Waals surface area contributed by atoms with Crippen molar-refractivity contribution in [1.82, 2.24) is 14.9 Å². The fraction of sp³-hybridized carbons (Fsp3) is 0.467. The molecule has 3 rings (SSSR count). The molecule has 1 amide bonds. The second-order valence-electron chi connectivity index (χ2n) is 5.42. The molecule has 0 aromatic carbocycles. The lowest BCUT2D eigenvalue weighted by Crippen LogP contribution is -2.43. The first kappa shape index (κ1) is 13.4.